The highest BCUT2D eigenvalue weighted by molar-refractivity contribution is 9.10. The van der Waals surface area contributed by atoms with E-state index in [1.54, 1.807) is 6.92 Å². The lowest BCUT2D eigenvalue weighted by Crippen LogP contribution is -2.08. The molecular formula is C11H8BrFN2O2. The van der Waals surface area contributed by atoms with Gasteiger partial charge in [-0.15, -0.1) is 0 Å². The summed E-state index contributed by atoms with van der Waals surface area (Å²) in [5.74, 6) is 0.632. The number of aromatic nitrogens is 2. The third-order valence-electron chi connectivity index (χ3n) is 1.95. The number of rotatable bonds is 2. The topological polar surface area (TPSA) is 55.0 Å². The summed E-state index contributed by atoms with van der Waals surface area (Å²) in [7, 11) is 0. The van der Waals surface area contributed by atoms with Gasteiger partial charge in [0.2, 0.25) is 5.88 Å². The number of H-pyrrole nitrogens is 1. The maximum absolute atomic E-state index is 12.9. The lowest BCUT2D eigenvalue weighted by Gasteiger charge is -2.06. The molecule has 0 radical (unpaired) electrons. The number of aryl methyl sites for hydroxylation is 1. The van der Waals surface area contributed by atoms with E-state index in [2.05, 4.69) is 25.9 Å². The van der Waals surface area contributed by atoms with Crippen molar-refractivity contribution in [3.63, 3.8) is 0 Å². The van der Waals surface area contributed by atoms with E-state index in [1.807, 2.05) is 0 Å². The Morgan fingerprint density at radius 3 is 2.82 bits per heavy atom. The number of nitrogens with one attached hydrogen (secondary N) is 1. The van der Waals surface area contributed by atoms with E-state index in [4.69, 9.17) is 4.74 Å². The average Bonchev–Trinajstić information content (AvgIpc) is 2.21. The first-order valence-corrected chi connectivity index (χ1v) is 5.55. The molecule has 0 saturated heterocycles. The lowest BCUT2D eigenvalue weighted by molar-refractivity contribution is 0.454. The lowest BCUT2D eigenvalue weighted by atomic mass is 10.3. The van der Waals surface area contributed by atoms with Gasteiger partial charge in [0.25, 0.3) is 5.56 Å². The van der Waals surface area contributed by atoms with Gasteiger partial charge in [0.05, 0.1) is 10.5 Å². The first-order chi connectivity index (χ1) is 8.04. The number of ether oxygens (including phenoxy) is 1. The molecule has 4 nitrogen and oxygen atoms in total. The van der Waals surface area contributed by atoms with Gasteiger partial charge >= 0.3 is 0 Å². The van der Waals surface area contributed by atoms with Crippen molar-refractivity contribution in [3.8, 4) is 11.6 Å². The number of nitrogens with zero attached hydrogens (tertiary/aromatic N) is 1. The van der Waals surface area contributed by atoms with Crippen LogP contribution >= 0.6 is 15.9 Å². The SMILES string of the molecule is Cc1nc(Oc2ccc(F)cc2Br)cc(=O)[nH]1. The summed E-state index contributed by atoms with van der Waals surface area (Å²) in [5, 5.41) is 0. The summed E-state index contributed by atoms with van der Waals surface area (Å²) in [4.78, 5) is 17.7. The predicted octanol–water partition coefficient (Wildman–Crippen LogP) is 2.77. The zero-order chi connectivity index (χ0) is 12.4. The Hall–Kier alpha value is -1.69. The monoisotopic (exact) mass is 298 g/mol. The molecular weight excluding hydrogens is 291 g/mol. The van der Waals surface area contributed by atoms with Gasteiger partial charge < -0.3 is 9.72 Å². The minimum absolute atomic E-state index is 0.165. The van der Waals surface area contributed by atoms with Crippen molar-refractivity contribution in [2.75, 3.05) is 0 Å². The molecule has 1 N–H and O–H groups in total. The van der Waals surface area contributed by atoms with Crippen molar-refractivity contribution in [1.82, 2.24) is 9.97 Å². The molecule has 6 heteroatoms. The summed E-state index contributed by atoms with van der Waals surface area (Å²) < 4.78 is 18.7. The Morgan fingerprint density at radius 2 is 2.18 bits per heavy atom. The number of benzene rings is 1. The van der Waals surface area contributed by atoms with Crippen molar-refractivity contribution >= 4 is 15.9 Å². The normalized spacial score (nSPS) is 10.3. The molecule has 0 aliphatic rings. The average molecular weight is 299 g/mol. The van der Waals surface area contributed by atoms with Crippen LogP contribution in [0, 0.1) is 12.7 Å². The van der Waals surface area contributed by atoms with E-state index in [9.17, 15) is 9.18 Å². The van der Waals surface area contributed by atoms with E-state index in [-0.39, 0.29) is 17.3 Å². The fraction of sp³-hybridized carbons (Fsp3) is 0.0909. The molecule has 17 heavy (non-hydrogen) atoms. The second-order valence-corrected chi connectivity index (χ2v) is 4.20. The van der Waals surface area contributed by atoms with Gasteiger partial charge in [0, 0.05) is 0 Å². The minimum atomic E-state index is -0.376. The standard InChI is InChI=1S/C11H8BrFN2O2/c1-6-14-10(16)5-11(15-6)17-9-3-2-7(13)4-8(9)12/h2-5H,1H3,(H,14,15,16). The molecule has 88 valence electrons. The molecule has 0 aliphatic heterocycles. The smallest absolute Gasteiger partial charge is 0.254 e. The highest BCUT2D eigenvalue weighted by Crippen LogP contribution is 2.28. The summed E-state index contributed by atoms with van der Waals surface area (Å²) >= 11 is 3.16. The quantitative estimate of drug-likeness (QED) is 0.927. The molecule has 2 aromatic rings. The molecule has 1 heterocycles. The number of hydrogen-bond donors (Lipinski definition) is 1. The van der Waals surface area contributed by atoms with Crippen LogP contribution < -0.4 is 10.3 Å². The summed E-state index contributed by atoms with van der Waals surface area (Å²) in [6, 6.07) is 5.22. The van der Waals surface area contributed by atoms with Gasteiger partial charge in [0.1, 0.15) is 17.4 Å². The summed E-state index contributed by atoms with van der Waals surface area (Å²) in [6.07, 6.45) is 0. The predicted molar refractivity (Wildman–Crippen MR) is 63.8 cm³/mol. The Kier molecular flexibility index (Phi) is 3.23. The number of hydrogen-bond acceptors (Lipinski definition) is 3. The molecule has 1 aromatic heterocycles. The van der Waals surface area contributed by atoms with Gasteiger partial charge in [-0.05, 0) is 41.1 Å². The van der Waals surface area contributed by atoms with Crippen LogP contribution in [-0.4, -0.2) is 9.97 Å². The van der Waals surface area contributed by atoms with Crippen molar-refractivity contribution in [2.45, 2.75) is 6.92 Å². The first kappa shape index (κ1) is 11.8. The molecule has 0 unspecified atom stereocenters. The molecule has 0 saturated carbocycles. The Morgan fingerprint density at radius 1 is 1.41 bits per heavy atom. The third kappa shape index (κ3) is 2.91. The second kappa shape index (κ2) is 4.67. The maximum atomic E-state index is 12.9. The van der Waals surface area contributed by atoms with E-state index >= 15 is 0 Å². The molecule has 1 aromatic carbocycles. The zero-order valence-electron chi connectivity index (χ0n) is 8.83. The van der Waals surface area contributed by atoms with Gasteiger partial charge in [0.15, 0.2) is 0 Å². The second-order valence-electron chi connectivity index (χ2n) is 3.35. The highest BCUT2D eigenvalue weighted by Gasteiger charge is 2.06. The van der Waals surface area contributed by atoms with Crippen LogP contribution in [0.4, 0.5) is 4.39 Å². The highest BCUT2D eigenvalue weighted by atomic mass is 79.9. The van der Waals surface area contributed by atoms with Crippen molar-refractivity contribution in [3.05, 3.63) is 50.7 Å². The van der Waals surface area contributed by atoms with Crippen molar-refractivity contribution < 1.29 is 9.13 Å². The van der Waals surface area contributed by atoms with Gasteiger partial charge in [-0.2, -0.15) is 0 Å². The van der Waals surface area contributed by atoms with E-state index in [0.29, 0.717) is 16.0 Å². The fourth-order valence-electron chi connectivity index (χ4n) is 1.27. The summed E-state index contributed by atoms with van der Waals surface area (Å²) in [6.45, 7) is 1.65. The van der Waals surface area contributed by atoms with E-state index < -0.39 is 0 Å². The van der Waals surface area contributed by atoms with Crippen molar-refractivity contribution in [2.24, 2.45) is 0 Å². The Bertz CT molecular complexity index is 613. The van der Waals surface area contributed by atoms with Crippen molar-refractivity contribution in [1.29, 1.82) is 0 Å². The van der Waals surface area contributed by atoms with Crippen LogP contribution in [-0.2, 0) is 0 Å². The summed E-state index contributed by atoms with van der Waals surface area (Å²) in [5.41, 5.74) is -0.300. The minimum Gasteiger partial charge on any atom is -0.438 e. The largest absolute Gasteiger partial charge is 0.438 e. The molecule has 0 bridgehead atoms. The van der Waals surface area contributed by atoms with Gasteiger partial charge in [-0.25, -0.2) is 9.37 Å². The van der Waals surface area contributed by atoms with Crippen LogP contribution in [0.1, 0.15) is 5.82 Å². The first-order valence-electron chi connectivity index (χ1n) is 4.75. The maximum Gasteiger partial charge on any atom is 0.254 e. The molecule has 0 fully saturated rings. The molecule has 0 atom stereocenters. The van der Waals surface area contributed by atoms with Gasteiger partial charge in [-0.1, -0.05) is 0 Å². The van der Waals surface area contributed by atoms with Crippen LogP contribution in [0.5, 0.6) is 11.6 Å². The van der Waals surface area contributed by atoms with Gasteiger partial charge in [-0.3, -0.25) is 4.79 Å². The Balaban J connectivity index is 2.34. The van der Waals surface area contributed by atoms with E-state index in [1.165, 1.54) is 24.3 Å². The molecule has 0 aliphatic carbocycles. The Labute approximate surface area is 105 Å². The molecule has 0 spiro atoms. The van der Waals surface area contributed by atoms with Crippen LogP contribution in [0.3, 0.4) is 0 Å². The number of aromatic amines is 1. The van der Waals surface area contributed by atoms with E-state index in [0.717, 1.165) is 0 Å². The zero-order valence-corrected chi connectivity index (χ0v) is 10.4. The van der Waals surface area contributed by atoms with Crippen LogP contribution in [0.15, 0.2) is 33.5 Å². The van der Waals surface area contributed by atoms with Crippen LogP contribution in [0.2, 0.25) is 0 Å². The number of halogens is 2. The fourth-order valence-corrected chi connectivity index (χ4v) is 1.71. The van der Waals surface area contributed by atoms with Crippen LogP contribution in [0.25, 0.3) is 0 Å². The molecule has 2 rings (SSSR count). The molecule has 0 amide bonds. The third-order valence-corrected chi connectivity index (χ3v) is 2.56.